The third kappa shape index (κ3) is 4.82. The number of hydrogen-bond donors (Lipinski definition) is 0. The van der Waals surface area contributed by atoms with E-state index in [0.717, 1.165) is 12.1 Å². The van der Waals surface area contributed by atoms with Crippen LogP contribution in [-0.4, -0.2) is 16.6 Å². The molecule has 0 aliphatic heterocycles. The van der Waals surface area contributed by atoms with Gasteiger partial charge in [0, 0.05) is 12.1 Å². The number of nitro groups is 2. The van der Waals surface area contributed by atoms with E-state index in [4.69, 9.17) is 9.47 Å². The highest BCUT2D eigenvalue weighted by molar-refractivity contribution is 5.44. The van der Waals surface area contributed by atoms with Gasteiger partial charge < -0.3 is 9.47 Å². The lowest BCUT2D eigenvalue weighted by molar-refractivity contribution is -0.385. The molecule has 0 aliphatic rings. The molecule has 138 valence electrons. The topological polar surface area (TPSA) is 105 Å². The van der Waals surface area contributed by atoms with E-state index in [0.29, 0.717) is 17.7 Å². The molecule has 0 N–H and O–H groups in total. The van der Waals surface area contributed by atoms with Gasteiger partial charge in [0.2, 0.25) is 6.79 Å². The first-order chi connectivity index (χ1) is 12.1. The van der Waals surface area contributed by atoms with Gasteiger partial charge in [-0.1, -0.05) is 0 Å². The first-order valence-corrected chi connectivity index (χ1v) is 6.94. The summed E-state index contributed by atoms with van der Waals surface area (Å²) >= 11 is 0. The summed E-state index contributed by atoms with van der Waals surface area (Å²) in [6.07, 6.45) is -4.79. The van der Waals surface area contributed by atoms with Crippen molar-refractivity contribution >= 4 is 11.4 Å². The summed E-state index contributed by atoms with van der Waals surface area (Å²) < 4.78 is 48.5. The van der Waals surface area contributed by atoms with E-state index in [2.05, 4.69) is 0 Å². The predicted octanol–water partition coefficient (Wildman–Crippen LogP) is 4.25. The Balaban J connectivity index is 2.16. The third-order valence-electron chi connectivity index (χ3n) is 3.13. The molecule has 0 aliphatic carbocycles. The molecule has 2 rings (SSSR count). The molecule has 0 spiro atoms. The number of ether oxygens (including phenoxy) is 2. The molecule has 0 heterocycles. The van der Waals surface area contributed by atoms with Gasteiger partial charge in [-0.2, -0.15) is 13.2 Å². The number of non-ortho nitro benzene ring substituents is 2. The van der Waals surface area contributed by atoms with Gasteiger partial charge in [-0.25, -0.2) is 0 Å². The molecule has 26 heavy (non-hydrogen) atoms. The maximum Gasteiger partial charge on any atom is 0.416 e. The minimum absolute atomic E-state index is 0.0678. The second kappa shape index (κ2) is 7.25. The van der Waals surface area contributed by atoms with Crippen LogP contribution in [0, 0.1) is 27.2 Å². The monoisotopic (exact) mass is 372 g/mol. The first-order valence-electron chi connectivity index (χ1n) is 6.94. The second-order valence-electron chi connectivity index (χ2n) is 5.14. The molecule has 0 saturated carbocycles. The lowest BCUT2D eigenvalue weighted by Crippen LogP contribution is -2.09. The fraction of sp³-hybridized carbons (Fsp3) is 0.200. The maximum absolute atomic E-state index is 12.8. The van der Waals surface area contributed by atoms with Crippen LogP contribution in [0.15, 0.2) is 36.4 Å². The van der Waals surface area contributed by atoms with Crippen molar-refractivity contribution in [2.24, 2.45) is 0 Å². The largest absolute Gasteiger partial charge is 0.457 e. The molecule has 8 nitrogen and oxygen atoms in total. The van der Waals surface area contributed by atoms with Crippen LogP contribution in [0.1, 0.15) is 11.1 Å². The smallest absolute Gasteiger partial charge is 0.416 e. The zero-order valence-corrected chi connectivity index (χ0v) is 13.1. The maximum atomic E-state index is 12.8. The number of rotatable bonds is 6. The molecule has 0 unspecified atom stereocenters. The molecular weight excluding hydrogens is 361 g/mol. The highest BCUT2D eigenvalue weighted by Crippen LogP contribution is 2.34. The van der Waals surface area contributed by atoms with Crippen molar-refractivity contribution in [3.8, 4) is 11.5 Å². The fourth-order valence-electron chi connectivity index (χ4n) is 2.02. The Bertz CT molecular complexity index is 854. The Kier molecular flexibility index (Phi) is 5.29. The molecule has 0 amide bonds. The van der Waals surface area contributed by atoms with Gasteiger partial charge in [0.1, 0.15) is 11.5 Å². The fourth-order valence-corrected chi connectivity index (χ4v) is 2.02. The summed E-state index contributed by atoms with van der Waals surface area (Å²) in [5, 5.41) is 21.5. The lowest BCUT2D eigenvalue weighted by atomic mass is 10.2. The standard InChI is InChI=1S/C15H11F3N2O6/c1-9-2-11(19(21)22)6-13(3-9)25-8-26-14-5-10(15(16,17)18)4-12(7-14)20(23)24/h2-7H,8H2,1H3. The Morgan fingerprint density at radius 1 is 0.885 bits per heavy atom. The Hall–Kier alpha value is -3.37. The van der Waals surface area contributed by atoms with Crippen molar-refractivity contribution in [2.45, 2.75) is 13.1 Å². The van der Waals surface area contributed by atoms with Crippen molar-refractivity contribution < 1.29 is 32.5 Å². The van der Waals surface area contributed by atoms with Crippen LogP contribution in [0.3, 0.4) is 0 Å². The molecule has 2 aromatic carbocycles. The molecule has 0 bridgehead atoms. The number of hydrogen-bond acceptors (Lipinski definition) is 6. The summed E-state index contributed by atoms with van der Waals surface area (Å²) in [7, 11) is 0. The molecule has 0 fully saturated rings. The summed E-state index contributed by atoms with van der Waals surface area (Å²) in [4.78, 5) is 19.9. The molecular formula is C15H11F3N2O6. The van der Waals surface area contributed by atoms with Gasteiger partial charge in [0.15, 0.2) is 0 Å². The van der Waals surface area contributed by atoms with Gasteiger partial charge >= 0.3 is 6.18 Å². The summed E-state index contributed by atoms with van der Waals surface area (Å²) in [5.41, 5.74) is -1.73. The Morgan fingerprint density at radius 2 is 1.38 bits per heavy atom. The molecule has 2 aromatic rings. The average molecular weight is 372 g/mol. The quantitative estimate of drug-likeness (QED) is 0.427. The molecule has 0 saturated heterocycles. The summed E-state index contributed by atoms with van der Waals surface area (Å²) in [5.74, 6) is -0.355. The summed E-state index contributed by atoms with van der Waals surface area (Å²) in [6, 6.07) is 5.68. The van der Waals surface area contributed by atoms with Crippen molar-refractivity contribution in [3.05, 3.63) is 67.8 Å². The van der Waals surface area contributed by atoms with E-state index < -0.39 is 39.8 Å². The Labute approximate surface area is 144 Å². The SMILES string of the molecule is Cc1cc(OCOc2cc([N+](=O)[O-])cc(C(F)(F)F)c2)cc([N+](=O)[O-])c1. The van der Waals surface area contributed by atoms with Gasteiger partial charge in [-0.15, -0.1) is 0 Å². The van der Waals surface area contributed by atoms with Gasteiger partial charge in [0.25, 0.3) is 11.4 Å². The van der Waals surface area contributed by atoms with Gasteiger partial charge in [-0.3, -0.25) is 20.2 Å². The average Bonchev–Trinajstić information content (AvgIpc) is 2.53. The van der Waals surface area contributed by atoms with Crippen LogP contribution < -0.4 is 9.47 Å². The zero-order valence-electron chi connectivity index (χ0n) is 13.1. The Morgan fingerprint density at radius 3 is 1.88 bits per heavy atom. The summed E-state index contributed by atoms with van der Waals surface area (Å²) in [6.45, 7) is 0.996. The number of benzene rings is 2. The second-order valence-corrected chi connectivity index (χ2v) is 5.14. The van der Waals surface area contributed by atoms with Crippen LogP contribution >= 0.6 is 0 Å². The number of halogens is 3. The third-order valence-corrected chi connectivity index (χ3v) is 3.13. The molecule has 11 heteroatoms. The van der Waals surface area contributed by atoms with Crippen LogP contribution in [0.25, 0.3) is 0 Å². The van der Waals surface area contributed by atoms with Crippen LogP contribution in [-0.2, 0) is 6.18 Å². The van der Waals surface area contributed by atoms with Crippen molar-refractivity contribution in [1.29, 1.82) is 0 Å². The lowest BCUT2D eigenvalue weighted by Gasteiger charge is -2.11. The van der Waals surface area contributed by atoms with Crippen molar-refractivity contribution in [1.82, 2.24) is 0 Å². The minimum atomic E-state index is -4.79. The highest BCUT2D eigenvalue weighted by Gasteiger charge is 2.33. The van der Waals surface area contributed by atoms with Crippen LogP contribution in [0.5, 0.6) is 11.5 Å². The normalized spacial score (nSPS) is 11.1. The van der Waals surface area contributed by atoms with Gasteiger partial charge in [0.05, 0.1) is 27.5 Å². The first kappa shape index (κ1) is 19.0. The van der Waals surface area contributed by atoms with E-state index in [9.17, 15) is 33.4 Å². The van der Waals surface area contributed by atoms with Gasteiger partial charge in [-0.05, 0) is 24.6 Å². The van der Waals surface area contributed by atoms with Crippen LogP contribution in [0.4, 0.5) is 24.5 Å². The molecule has 0 atom stereocenters. The highest BCUT2D eigenvalue weighted by atomic mass is 19.4. The van der Waals surface area contributed by atoms with E-state index in [-0.39, 0.29) is 11.4 Å². The minimum Gasteiger partial charge on any atom is -0.457 e. The van der Waals surface area contributed by atoms with E-state index in [1.807, 2.05) is 0 Å². The zero-order chi connectivity index (χ0) is 19.5. The predicted molar refractivity (Wildman–Crippen MR) is 82.1 cm³/mol. The van der Waals surface area contributed by atoms with Crippen molar-refractivity contribution in [2.75, 3.05) is 6.79 Å². The number of alkyl halides is 3. The van der Waals surface area contributed by atoms with E-state index in [1.165, 1.54) is 12.1 Å². The number of nitrogens with zero attached hydrogens (tertiary/aromatic N) is 2. The molecule has 0 radical (unpaired) electrons. The van der Waals surface area contributed by atoms with E-state index in [1.54, 1.807) is 6.92 Å². The molecule has 0 aromatic heterocycles. The van der Waals surface area contributed by atoms with Crippen LogP contribution in [0.2, 0.25) is 0 Å². The number of nitro benzene ring substituents is 2. The van der Waals surface area contributed by atoms with E-state index >= 15 is 0 Å². The van der Waals surface area contributed by atoms with Crippen molar-refractivity contribution in [3.63, 3.8) is 0 Å². The number of aryl methyl sites for hydroxylation is 1.